The minimum absolute atomic E-state index is 0.0678. The molecule has 3 aromatic rings. The Bertz CT molecular complexity index is 1180. The maximum Gasteiger partial charge on any atom is 0.301 e. The van der Waals surface area contributed by atoms with Gasteiger partial charge in [-0.1, -0.05) is 49.4 Å². The van der Waals surface area contributed by atoms with Crippen LogP contribution in [0.25, 0.3) is 5.76 Å². The molecule has 4 rings (SSSR count). The molecule has 0 saturated carbocycles. The molecular formula is C23H20FN3O3S. The average Bonchev–Trinajstić information content (AvgIpc) is 3.29. The lowest BCUT2D eigenvalue weighted by Crippen LogP contribution is -2.29. The molecule has 1 amide bonds. The fourth-order valence-electron chi connectivity index (χ4n) is 3.56. The summed E-state index contributed by atoms with van der Waals surface area (Å²) in [4.78, 5) is 27.3. The summed E-state index contributed by atoms with van der Waals surface area (Å²) in [5.74, 6) is -2.14. The number of Topliss-reactive ketones (excluding diaryl/α,β-unsaturated/α-hetero) is 1. The van der Waals surface area contributed by atoms with Gasteiger partial charge in [0.2, 0.25) is 5.13 Å². The highest BCUT2D eigenvalue weighted by Gasteiger charge is 2.48. The van der Waals surface area contributed by atoms with Crippen LogP contribution in [0.5, 0.6) is 0 Å². The zero-order valence-electron chi connectivity index (χ0n) is 17.2. The number of rotatable bonds is 4. The van der Waals surface area contributed by atoms with E-state index in [-0.39, 0.29) is 22.0 Å². The van der Waals surface area contributed by atoms with Gasteiger partial charge < -0.3 is 5.11 Å². The van der Waals surface area contributed by atoms with E-state index in [1.54, 1.807) is 6.92 Å². The maximum atomic E-state index is 13.4. The number of amides is 1. The van der Waals surface area contributed by atoms with Gasteiger partial charge in [-0.15, -0.1) is 10.2 Å². The highest BCUT2D eigenvalue weighted by atomic mass is 32.1. The van der Waals surface area contributed by atoms with Gasteiger partial charge in [-0.2, -0.15) is 0 Å². The Hall–Kier alpha value is -3.39. The van der Waals surface area contributed by atoms with Crippen molar-refractivity contribution >= 4 is 33.9 Å². The number of benzene rings is 2. The Morgan fingerprint density at radius 2 is 1.71 bits per heavy atom. The van der Waals surface area contributed by atoms with Crippen LogP contribution in [0.3, 0.4) is 0 Å². The molecule has 1 atom stereocenters. The van der Waals surface area contributed by atoms with Crippen molar-refractivity contribution in [3.63, 3.8) is 0 Å². The zero-order chi connectivity index (χ0) is 22.3. The number of aromatic nitrogens is 2. The molecule has 31 heavy (non-hydrogen) atoms. The van der Waals surface area contributed by atoms with Crippen molar-refractivity contribution in [2.24, 2.45) is 0 Å². The molecule has 2 aromatic carbocycles. The van der Waals surface area contributed by atoms with Crippen LogP contribution in [-0.2, 0) is 9.59 Å². The number of halogens is 1. The Balaban J connectivity index is 1.91. The molecule has 1 aromatic heterocycles. The van der Waals surface area contributed by atoms with Gasteiger partial charge in [0.15, 0.2) is 0 Å². The molecule has 158 valence electrons. The summed E-state index contributed by atoms with van der Waals surface area (Å²) in [6.45, 7) is 5.89. The summed E-state index contributed by atoms with van der Waals surface area (Å²) >= 11 is 1.19. The molecule has 0 unspecified atom stereocenters. The second-order valence-electron chi connectivity index (χ2n) is 7.60. The highest BCUT2D eigenvalue weighted by Crippen LogP contribution is 2.43. The molecule has 1 saturated heterocycles. The fraction of sp³-hybridized carbons (Fsp3) is 0.217. The molecule has 1 N–H and O–H groups in total. The van der Waals surface area contributed by atoms with Gasteiger partial charge in [0.25, 0.3) is 5.78 Å². The lowest BCUT2D eigenvalue weighted by atomic mass is 9.93. The molecule has 0 radical (unpaired) electrons. The summed E-state index contributed by atoms with van der Waals surface area (Å²) < 4.78 is 13.4. The first kappa shape index (κ1) is 20.9. The zero-order valence-corrected chi connectivity index (χ0v) is 18.0. The van der Waals surface area contributed by atoms with Crippen molar-refractivity contribution in [3.05, 3.63) is 81.6 Å². The summed E-state index contributed by atoms with van der Waals surface area (Å²) in [6, 6.07) is 11.8. The largest absolute Gasteiger partial charge is 0.507 e. The quantitative estimate of drug-likeness (QED) is 0.362. The molecule has 0 bridgehead atoms. The van der Waals surface area contributed by atoms with E-state index in [1.165, 1.54) is 40.5 Å². The number of aliphatic hydroxyl groups excluding tert-OH is 1. The summed E-state index contributed by atoms with van der Waals surface area (Å²) in [6.07, 6.45) is 0. The number of ketones is 1. The summed E-state index contributed by atoms with van der Waals surface area (Å²) in [5.41, 5.74) is 1.93. The van der Waals surface area contributed by atoms with Crippen LogP contribution >= 0.6 is 11.3 Å². The first-order valence-electron chi connectivity index (χ1n) is 9.75. The standard InChI is InChI=1S/C23H20FN3O3S/c1-12(2)14-4-6-15(7-5-14)19-18(20(28)16-8-10-17(24)11-9-16)21(29)22(30)27(19)23-26-25-13(3)31-23/h4-12,19,28H,1-3H3/t19-/m0/s1. The van der Waals surface area contributed by atoms with E-state index in [4.69, 9.17) is 0 Å². The first-order valence-corrected chi connectivity index (χ1v) is 10.6. The predicted molar refractivity (Wildman–Crippen MR) is 116 cm³/mol. The van der Waals surface area contributed by atoms with Crippen LogP contribution in [0.2, 0.25) is 0 Å². The molecule has 0 spiro atoms. The first-order chi connectivity index (χ1) is 14.8. The summed E-state index contributed by atoms with van der Waals surface area (Å²) in [7, 11) is 0. The number of hydrogen-bond donors (Lipinski definition) is 1. The van der Waals surface area contributed by atoms with Crippen LogP contribution in [-0.4, -0.2) is 27.0 Å². The maximum absolute atomic E-state index is 13.4. The predicted octanol–water partition coefficient (Wildman–Crippen LogP) is 4.74. The van der Waals surface area contributed by atoms with Gasteiger partial charge in [-0.3, -0.25) is 14.5 Å². The second-order valence-corrected chi connectivity index (χ2v) is 8.76. The van der Waals surface area contributed by atoms with Crippen molar-refractivity contribution in [3.8, 4) is 0 Å². The van der Waals surface area contributed by atoms with E-state index in [9.17, 15) is 19.1 Å². The Morgan fingerprint density at radius 3 is 2.26 bits per heavy atom. The number of nitrogens with zero attached hydrogens (tertiary/aromatic N) is 3. The topological polar surface area (TPSA) is 83.4 Å². The van der Waals surface area contributed by atoms with Crippen LogP contribution in [0.4, 0.5) is 9.52 Å². The molecule has 1 aliphatic rings. The molecular weight excluding hydrogens is 417 g/mol. The van der Waals surface area contributed by atoms with Gasteiger partial charge in [-0.05, 0) is 48.2 Å². The number of hydrogen-bond acceptors (Lipinski definition) is 6. The van der Waals surface area contributed by atoms with Crippen molar-refractivity contribution in [2.45, 2.75) is 32.7 Å². The molecule has 8 heteroatoms. The van der Waals surface area contributed by atoms with E-state index < -0.39 is 23.5 Å². The lowest BCUT2D eigenvalue weighted by molar-refractivity contribution is -0.132. The monoisotopic (exact) mass is 437 g/mol. The van der Waals surface area contributed by atoms with Gasteiger partial charge in [0.1, 0.15) is 16.6 Å². The van der Waals surface area contributed by atoms with E-state index in [0.29, 0.717) is 16.5 Å². The van der Waals surface area contributed by atoms with Crippen LogP contribution in [0.15, 0.2) is 54.1 Å². The Morgan fingerprint density at radius 1 is 1.06 bits per heavy atom. The van der Waals surface area contributed by atoms with Gasteiger partial charge in [0, 0.05) is 5.56 Å². The number of carbonyl (C=O) groups is 2. The fourth-order valence-corrected chi connectivity index (χ4v) is 4.27. The average molecular weight is 437 g/mol. The van der Waals surface area contributed by atoms with Crippen LogP contribution < -0.4 is 4.90 Å². The van der Waals surface area contributed by atoms with Crippen molar-refractivity contribution in [1.29, 1.82) is 0 Å². The Labute approximate surface area is 182 Å². The third-order valence-electron chi connectivity index (χ3n) is 5.20. The second kappa shape index (κ2) is 8.03. The smallest absolute Gasteiger partial charge is 0.301 e. The molecule has 0 aliphatic carbocycles. The van der Waals surface area contributed by atoms with Crippen molar-refractivity contribution in [2.75, 3.05) is 4.90 Å². The number of aryl methyl sites for hydroxylation is 1. The molecule has 2 heterocycles. The summed E-state index contributed by atoms with van der Waals surface area (Å²) in [5, 5.41) is 19.9. The van der Waals surface area contributed by atoms with E-state index in [0.717, 1.165) is 5.56 Å². The molecule has 1 aliphatic heterocycles. The SMILES string of the molecule is Cc1nnc(N2C(=O)C(=O)C(=C(O)c3ccc(F)cc3)[C@@H]2c2ccc(C(C)C)cc2)s1. The van der Waals surface area contributed by atoms with E-state index >= 15 is 0 Å². The number of aliphatic hydroxyl groups is 1. The van der Waals surface area contributed by atoms with Crippen LogP contribution in [0.1, 0.15) is 47.5 Å². The van der Waals surface area contributed by atoms with Gasteiger partial charge in [0.05, 0.1) is 11.6 Å². The minimum atomic E-state index is -0.876. The number of carbonyl (C=O) groups excluding carboxylic acids is 2. The minimum Gasteiger partial charge on any atom is -0.507 e. The third-order valence-corrected chi connectivity index (χ3v) is 6.04. The van der Waals surface area contributed by atoms with Gasteiger partial charge >= 0.3 is 5.91 Å². The van der Waals surface area contributed by atoms with Crippen molar-refractivity contribution in [1.82, 2.24) is 10.2 Å². The van der Waals surface area contributed by atoms with E-state index in [2.05, 4.69) is 24.0 Å². The highest BCUT2D eigenvalue weighted by molar-refractivity contribution is 7.15. The Kier molecular flexibility index (Phi) is 5.41. The molecule has 6 nitrogen and oxygen atoms in total. The third kappa shape index (κ3) is 3.74. The number of anilines is 1. The van der Waals surface area contributed by atoms with Crippen LogP contribution in [0, 0.1) is 12.7 Å². The van der Waals surface area contributed by atoms with Gasteiger partial charge in [-0.25, -0.2) is 4.39 Å². The van der Waals surface area contributed by atoms with Crippen molar-refractivity contribution < 1.29 is 19.1 Å². The normalized spacial score (nSPS) is 18.2. The lowest BCUT2D eigenvalue weighted by Gasteiger charge is -2.23. The molecule has 1 fully saturated rings. The van der Waals surface area contributed by atoms with E-state index in [1.807, 2.05) is 24.3 Å².